The fourth-order valence-corrected chi connectivity index (χ4v) is 1.52. The Kier molecular flexibility index (Phi) is 4.32. The lowest BCUT2D eigenvalue weighted by atomic mass is 10.4. The molecule has 0 amide bonds. The van der Waals surface area contributed by atoms with E-state index < -0.39 is 0 Å². The van der Waals surface area contributed by atoms with Gasteiger partial charge in [-0.2, -0.15) is 0 Å². The summed E-state index contributed by atoms with van der Waals surface area (Å²) in [6, 6.07) is 0. The van der Waals surface area contributed by atoms with E-state index in [1.807, 2.05) is 7.05 Å². The van der Waals surface area contributed by atoms with E-state index in [4.69, 9.17) is 12.2 Å². The zero-order valence-electron chi connectivity index (χ0n) is 7.60. The van der Waals surface area contributed by atoms with Gasteiger partial charge in [-0.25, -0.2) is 0 Å². The van der Waals surface area contributed by atoms with Crippen LogP contribution in [-0.4, -0.2) is 43.2 Å². The molecule has 1 saturated heterocycles. The largest absolute Gasteiger partial charge is 0.366 e. The zero-order valence-corrected chi connectivity index (χ0v) is 8.41. The molecule has 12 heavy (non-hydrogen) atoms. The molecule has 1 aliphatic rings. The van der Waals surface area contributed by atoms with Crippen LogP contribution in [-0.2, 0) is 0 Å². The van der Waals surface area contributed by atoms with Crippen molar-refractivity contribution in [2.45, 2.75) is 12.8 Å². The molecule has 0 radical (unpaired) electrons. The van der Waals surface area contributed by atoms with Gasteiger partial charge in [-0.15, -0.1) is 0 Å². The fourth-order valence-electron chi connectivity index (χ4n) is 1.42. The average Bonchev–Trinajstić information content (AvgIpc) is 2.57. The van der Waals surface area contributed by atoms with E-state index in [-0.39, 0.29) is 0 Å². The molecule has 2 N–H and O–H groups in total. The third-order valence-corrected chi connectivity index (χ3v) is 2.49. The average molecular weight is 187 g/mol. The molecule has 0 aromatic carbocycles. The molecule has 0 atom stereocenters. The van der Waals surface area contributed by atoms with Gasteiger partial charge < -0.3 is 15.5 Å². The summed E-state index contributed by atoms with van der Waals surface area (Å²) in [6.45, 7) is 4.59. The van der Waals surface area contributed by atoms with Gasteiger partial charge >= 0.3 is 0 Å². The van der Waals surface area contributed by atoms with Crippen molar-refractivity contribution in [1.82, 2.24) is 15.5 Å². The smallest absolute Gasteiger partial charge is 0.166 e. The lowest BCUT2D eigenvalue weighted by Gasteiger charge is -2.15. The van der Waals surface area contributed by atoms with Crippen LogP contribution in [0.5, 0.6) is 0 Å². The standard InChI is InChI=1S/C8H17N3S/c1-9-8(12)10-4-7-11-5-2-3-6-11/h2-7H2,1H3,(H2,9,10,12). The lowest BCUT2D eigenvalue weighted by molar-refractivity contribution is 0.343. The highest BCUT2D eigenvalue weighted by atomic mass is 32.1. The molecule has 0 unspecified atom stereocenters. The van der Waals surface area contributed by atoms with Crippen molar-refractivity contribution in [2.75, 3.05) is 33.2 Å². The van der Waals surface area contributed by atoms with Gasteiger partial charge in [0.2, 0.25) is 0 Å². The van der Waals surface area contributed by atoms with Crippen LogP contribution < -0.4 is 10.6 Å². The van der Waals surface area contributed by atoms with Crippen molar-refractivity contribution in [1.29, 1.82) is 0 Å². The Morgan fingerprint density at radius 1 is 1.42 bits per heavy atom. The summed E-state index contributed by atoms with van der Waals surface area (Å²) < 4.78 is 0. The monoisotopic (exact) mass is 187 g/mol. The van der Waals surface area contributed by atoms with E-state index >= 15 is 0 Å². The van der Waals surface area contributed by atoms with Crippen LogP contribution in [0.15, 0.2) is 0 Å². The zero-order chi connectivity index (χ0) is 8.81. The number of thiocarbonyl (C=S) groups is 1. The molecule has 0 spiro atoms. The molecule has 0 aliphatic carbocycles. The van der Waals surface area contributed by atoms with Gasteiger partial charge in [0.05, 0.1) is 0 Å². The first-order chi connectivity index (χ1) is 5.83. The minimum atomic E-state index is 0.745. The van der Waals surface area contributed by atoms with Gasteiger partial charge in [0.15, 0.2) is 5.11 Å². The Morgan fingerprint density at radius 3 is 2.67 bits per heavy atom. The maximum atomic E-state index is 4.95. The number of nitrogens with zero attached hydrogens (tertiary/aromatic N) is 1. The van der Waals surface area contributed by atoms with Gasteiger partial charge in [0.25, 0.3) is 0 Å². The summed E-state index contributed by atoms with van der Waals surface area (Å²) in [5.74, 6) is 0. The SMILES string of the molecule is CNC(=S)NCCN1CCCC1. The minimum Gasteiger partial charge on any atom is -0.366 e. The topological polar surface area (TPSA) is 27.3 Å². The molecule has 0 aromatic heterocycles. The van der Waals surface area contributed by atoms with Crippen molar-refractivity contribution in [3.63, 3.8) is 0 Å². The van der Waals surface area contributed by atoms with E-state index in [1.165, 1.54) is 25.9 Å². The summed E-state index contributed by atoms with van der Waals surface area (Å²) in [4.78, 5) is 2.46. The molecule has 4 heteroatoms. The summed E-state index contributed by atoms with van der Waals surface area (Å²) in [5.41, 5.74) is 0. The number of rotatable bonds is 3. The second-order valence-electron chi connectivity index (χ2n) is 3.05. The van der Waals surface area contributed by atoms with Gasteiger partial charge in [-0.05, 0) is 38.1 Å². The number of nitrogens with one attached hydrogen (secondary N) is 2. The molecule has 0 bridgehead atoms. The van der Waals surface area contributed by atoms with Gasteiger partial charge in [0, 0.05) is 20.1 Å². The molecule has 3 nitrogen and oxygen atoms in total. The predicted octanol–water partition coefficient (Wildman–Crippen LogP) is 0.176. The highest BCUT2D eigenvalue weighted by Crippen LogP contribution is 2.05. The van der Waals surface area contributed by atoms with Gasteiger partial charge in [-0.3, -0.25) is 0 Å². The molecule has 1 rings (SSSR count). The third kappa shape index (κ3) is 3.36. The second-order valence-corrected chi connectivity index (χ2v) is 3.46. The summed E-state index contributed by atoms with van der Waals surface area (Å²) in [5, 5.41) is 6.77. The lowest BCUT2D eigenvalue weighted by Crippen LogP contribution is -2.37. The van der Waals surface area contributed by atoms with Crippen molar-refractivity contribution in [3.05, 3.63) is 0 Å². The van der Waals surface area contributed by atoms with Crippen molar-refractivity contribution >= 4 is 17.3 Å². The molecular formula is C8H17N3S. The van der Waals surface area contributed by atoms with Gasteiger partial charge in [-0.1, -0.05) is 0 Å². The van der Waals surface area contributed by atoms with E-state index in [2.05, 4.69) is 15.5 Å². The maximum absolute atomic E-state index is 4.95. The Bertz CT molecular complexity index is 143. The van der Waals surface area contributed by atoms with E-state index in [0.29, 0.717) is 0 Å². The number of likely N-dealkylation sites (tertiary alicyclic amines) is 1. The minimum absolute atomic E-state index is 0.745. The maximum Gasteiger partial charge on any atom is 0.166 e. The highest BCUT2D eigenvalue weighted by molar-refractivity contribution is 7.80. The van der Waals surface area contributed by atoms with Crippen molar-refractivity contribution < 1.29 is 0 Å². The van der Waals surface area contributed by atoms with Crippen molar-refractivity contribution in [3.8, 4) is 0 Å². The Labute approximate surface area is 79.5 Å². The molecule has 0 saturated carbocycles. The first-order valence-corrected chi connectivity index (χ1v) is 4.91. The summed E-state index contributed by atoms with van der Waals surface area (Å²) in [7, 11) is 1.84. The Morgan fingerprint density at radius 2 is 2.08 bits per heavy atom. The van der Waals surface area contributed by atoms with Crippen LogP contribution in [0.4, 0.5) is 0 Å². The molecule has 0 aromatic rings. The normalized spacial score (nSPS) is 17.8. The molecule has 70 valence electrons. The second kappa shape index (κ2) is 5.32. The Balaban J connectivity index is 1.97. The van der Waals surface area contributed by atoms with Crippen LogP contribution in [0.2, 0.25) is 0 Å². The molecule has 1 fully saturated rings. The third-order valence-electron chi connectivity index (χ3n) is 2.14. The van der Waals surface area contributed by atoms with Gasteiger partial charge in [0.1, 0.15) is 0 Å². The van der Waals surface area contributed by atoms with Crippen LogP contribution in [0, 0.1) is 0 Å². The number of hydrogen-bond acceptors (Lipinski definition) is 2. The van der Waals surface area contributed by atoms with Crippen LogP contribution in [0.3, 0.4) is 0 Å². The first kappa shape index (κ1) is 9.74. The van der Waals surface area contributed by atoms with Crippen LogP contribution in [0.25, 0.3) is 0 Å². The first-order valence-electron chi connectivity index (χ1n) is 4.51. The van der Waals surface area contributed by atoms with Crippen molar-refractivity contribution in [2.24, 2.45) is 0 Å². The van der Waals surface area contributed by atoms with E-state index in [1.54, 1.807) is 0 Å². The predicted molar refractivity (Wildman–Crippen MR) is 55.3 cm³/mol. The molecular weight excluding hydrogens is 170 g/mol. The summed E-state index contributed by atoms with van der Waals surface area (Å²) in [6.07, 6.45) is 2.72. The van der Waals surface area contributed by atoms with E-state index in [9.17, 15) is 0 Å². The quantitative estimate of drug-likeness (QED) is 0.616. The van der Waals surface area contributed by atoms with E-state index in [0.717, 1.165) is 18.2 Å². The van der Waals surface area contributed by atoms with Crippen LogP contribution in [0.1, 0.15) is 12.8 Å². The fraction of sp³-hybridized carbons (Fsp3) is 0.875. The Hall–Kier alpha value is -0.350. The molecule has 1 aliphatic heterocycles. The van der Waals surface area contributed by atoms with Crippen LogP contribution >= 0.6 is 12.2 Å². The number of hydrogen-bond donors (Lipinski definition) is 2. The highest BCUT2D eigenvalue weighted by Gasteiger charge is 2.09. The molecule has 1 heterocycles. The summed E-state index contributed by atoms with van der Waals surface area (Å²) >= 11 is 4.95.